The van der Waals surface area contributed by atoms with E-state index in [1.165, 1.54) is 13.4 Å². The van der Waals surface area contributed by atoms with Gasteiger partial charge in [-0.2, -0.15) is 0 Å². The van der Waals surface area contributed by atoms with Crippen LogP contribution in [-0.2, 0) is 9.59 Å². The molecule has 3 heterocycles. The SMILES string of the molecule is COc1c(-c2coc(-c3ccccc3N)n2)[nH]c2c(=O)n([C@@H](CO)C(=O)NC[C@@H](O)C(=O)N[C@H](CO)CC(C)C)sc2c1=O. The summed E-state index contributed by atoms with van der Waals surface area (Å²) in [7, 11) is 1.27. The summed E-state index contributed by atoms with van der Waals surface area (Å²) < 4.78 is 11.8. The number of fused-ring (bicyclic) bond motifs is 1. The number of aromatic amines is 1. The molecule has 0 aliphatic heterocycles. The van der Waals surface area contributed by atoms with E-state index in [-0.39, 0.29) is 45.8 Å². The van der Waals surface area contributed by atoms with E-state index in [1.807, 2.05) is 13.8 Å². The van der Waals surface area contributed by atoms with Gasteiger partial charge in [0.1, 0.15) is 40.0 Å². The van der Waals surface area contributed by atoms with Crippen molar-refractivity contribution in [3.63, 3.8) is 0 Å². The second-order valence-electron chi connectivity index (χ2n) is 10.4. The van der Waals surface area contributed by atoms with Crippen molar-refractivity contribution in [3.8, 4) is 28.6 Å². The van der Waals surface area contributed by atoms with E-state index in [1.54, 1.807) is 24.3 Å². The van der Waals surface area contributed by atoms with Gasteiger partial charge in [-0.05, 0) is 36.0 Å². The Morgan fingerprint density at radius 2 is 1.91 bits per heavy atom. The molecule has 0 aliphatic carbocycles. The highest BCUT2D eigenvalue weighted by molar-refractivity contribution is 7.13. The molecular weight excluding hydrogens is 596 g/mol. The van der Waals surface area contributed by atoms with Gasteiger partial charge in [-0.3, -0.25) is 19.2 Å². The van der Waals surface area contributed by atoms with Crippen molar-refractivity contribution >= 4 is 39.3 Å². The third-order valence-electron chi connectivity index (χ3n) is 6.73. The molecule has 0 saturated carbocycles. The van der Waals surface area contributed by atoms with Crippen molar-refractivity contribution in [2.45, 2.75) is 38.5 Å². The quantitative estimate of drug-likeness (QED) is 0.0985. The highest BCUT2D eigenvalue weighted by Gasteiger charge is 2.29. The number of pyridine rings is 1. The molecule has 0 spiro atoms. The Bertz CT molecular complexity index is 1760. The number of para-hydroxylation sites is 1. The number of carbonyl (C=O) groups is 2. The Morgan fingerprint density at radius 1 is 1.18 bits per heavy atom. The molecule has 4 rings (SSSR count). The van der Waals surface area contributed by atoms with E-state index in [9.17, 15) is 34.5 Å². The third-order valence-corrected chi connectivity index (χ3v) is 7.92. The average Bonchev–Trinajstić information content (AvgIpc) is 3.61. The van der Waals surface area contributed by atoms with Crippen LogP contribution in [-0.4, -0.2) is 80.1 Å². The number of carbonyl (C=O) groups excluding carboxylic acids is 2. The largest absolute Gasteiger partial charge is 0.491 e. The predicted molar refractivity (Wildman–Crippen MR) is 162 cm³/mol. The number of oxazole rings is 1. The fourth-order valence-corrected chi connectivity index (χ4v) is 5.62. The Kier molecular flexibility index (Phi) is 10.2. The molecule has 1 aromatic carbocycles. The van der Waals surface area contributed by atoms with Crippen molar-refractivity contribution in [2.75, 3.05) is 32.6 Å². The second-order valence-corrected chi connectivity index (χ2v) is 11.4. The topological polar surface area (TPSA) is 235 Å². The highest BCUT2D eigenvalue weighted by atomic mass is 32.1. The van der Waals surface area contributed by atoms with Crippen LogP contribution >= 0.6 is 11.5 Å². The zero-order valence-electron chi connectivity index (χ0n) is 24.2. The average molecular weight is 631 g/mol. The van der Waals surface area contributed by atoms with E-state index in [0.717, 1.165) is 3.96 Å². The molecule has 3 atom stereocenters. The van der Waals surface area contributed by atoms with Gasteiger partial charge in [0.15, 0.2) is 5.75 Å². The minimum Gasteiger partial charge on any atom is -0.491 e. The first-order valence-corrected chi connectivity index (χ1v) is 14.4. The first kappa shape index (κ1) is 32.4. The Balaban J connectivity index is 1.59. The van der Waals surface area contributed by atoms with Gasteiger partial charge in [-0.25, -0.2) is 8.94 Å². The number of nitrogens with zero attached hydrogens (tertiary/aromatic N) is 2. The number of nitrogen functional groups attached to an aromatic ring is 1. The molecule has 16 heteroatoms. The summed E-state index contributed by atoms with van der Waals surface area (Å²) in [4.78, 5) is 59.3. The molecule has 236 valence electrons. The highest BCUT2D eigenvalue weighted by Crippen LogP contribution is 2.32. The monoisotopic (exact) mass is 630 g/mol. The van der Waals surface area contributed by atoms with Gasteiger partial charge in [-0.1, -0.05) is 26.0 Å². The molecule has 0 bridgehead atoms. The standard InChI is InChI=1S/C28H34N6O9S/c1-13(2)8-14(10-35)31-26(40)19(37)9-30-25(39)18(11-36)34-28(41)21-24(44-34)22(38)23(42-3)20(33-21)17-12-43-27(32-17)15-6-4-5-7-16(15)29/h4-7,12-14,18-19,35-37H,8-11,29H2,1-3H3,(H,30,39)(H,31,40)(H,33,38)/t14-,18-,19+/m0/s1. The molecule has 2 amide bonds. The zero-order valence-corrected chi connectivity index (χ0v) is 25.0. The number of hydrogen-bond acceptors (Lipinski definition) is 12. The Hall–Kier alpha value is -4.51. The predicted octanol–water partition coefficient (Wildman–Crippen LogP) is 0.198. The molecule has 44 heavy (non-hydrogen) atoms. The van der Waals surface area contributed by atoms with E-state index in [2.05, 4.69) is 20.6 Å². The van der Waals surface area contributed by atoms with E-state index < -0.39 is 54.1 Å². The Morgan fingerprint density at radius 3 is 2.55 bits per heavy atom. The maximum Gasteiger partial charge on any atom is 0.285 e. The maximum absolute atomic E-state index is 13.4. The minimum atomic E-state index is -1.66. The van der Waals surface area contributed by atoms with Crippen LogP contribution in [0.1, 0.15) is 26.3 Å². The summed E-state index contributed by atoms with van der Waals surface area (Å²) in [6.07, 6.45) is 0.0853. The minimum absolute atomic E-state index is 0.0503. The van der Waals surface area contributed by atoms with Gasteiger partial charge in [-0.15, -0.1) is 0 Å². The number of amides is 2. The number of H-pyrrole nitrogens is 1. The molecule has 15 nitrogen and oxygen atoms in total. The molecule has 0 unspecified atom stereocenters. The molecule has 0 fully saturated rings. The van der Waals surface area contributed by atoms with Gasteiger partial charge in [0.05, 0.1) is 38.5 Å². The fraction of sp³-hybridized carbons (Fsp3) is 0.393. The number of anilines is 1. The van der Waals surface area contributed by atoms with Gasteiger partial charge in [0, 0.05) is 5.69 Å². The summed E-state index contributed by atoms with van der Waals surface area (Å²) in [6, 6.07) is 4.82. The fourth-order valence-electron chi connectivity index (χ4n) is 4.56. The molecule has 0 saturated heterocycles. The summed E-state index contributed by atoms with van der Waals surface area (Å²) in [5, 5.41) is 34.6. The molecule has 4 aromatic rings. The van der Waals surface area contributed by atoms with Crippen LogP contribution in [0.4, 0.5) is 5.69 Å². The van der Waals surface area contributed by atoms with Gasteiger partial charge in [0.25, 0.3) is 11.5 Å². The lowest BCUT2D eigenvalue weighted by atomic mass is 10.0. The van der Waals surface area contributed by atoms with Gasteiger partial charge >= 0.3 is 0 Å². The third kappa shape index (κ3) is 6.67. The van der Waals surface area contributed by atoms with Crippen molar-refractivity contribution in [2.24, 2.45) is 5.92 Å². The van der Waals surface area contributed by atoms with Crippen molar-refractivity contribution in [1.29, 1.82) is 0 Å². The number of ether oxygens (including phenoxy) is 1. The number of aromatic nitrogens is 3. The summed E-state index contributed by atoms with van der Waals surface area (Å²) in [5.41, 5.74) is 5.54. The number of hydrogen-bond donors (Lipinski definition) is 7. The lowest BCUT2D eigenvalue weighted by Gasteiger charge is -2.21. The number of aliphatic hydroxyl groups excluding tert-OH is 3. The summed E-state index contributed by atoms with van der Waals surface area (Å²) in [6.45, 7) is 2.14. The van der Waals surface area contributed by atoms with Crippen LogP contribution in [0.25, 0.3) is 33.1 Å². The van der Waals surface area contributed by atoms with Crippen LogP contribution in [0.5, 0.6) is 5.75 Å². The van der Waals surface area contributed by atoms with E-state index in [4.69, 9.17) is 14.9 Å². The number of methoxy groups -OCH3 is 1. The number of benzene rings is 1. The lowest BCUT2D eigenvalue weighted by molar-refractivity contribution is -0.131. The van der Waals surface area contributed by atoms with E-state index >= 15 is 0 Å². The smallest absolute Gasteiger partial charge is 0.285 e. The molecular formula is C28H34N6O9S. The summed E-state index contributed by atoms with van der Waals surface area (Å²) >= 11 is 0.636. The van der Waals surface area contributed by atoms with Crippen molar-refractivity contribution < 1.29 is 34.1 Å². The van der Waals surface area contributed by atoms with Crippen LogP contribution in [0.3, 0.4) is 0 Å². The number of aliphatic hydroxyl groups is 3. The van der Waals surface area contributed by atoms with Gasteiger partial charge < -0.3 is 45.8 Å². The van der Waals surface area contributed by atoms with Crippen LogP contribution < -0.4 is 32.1 Å². The van der Waals surface area contributed by atoms with Crippen molar-refractivity contribution in [1.82, 2.24) is 24.6 Å². The van der Waals surface area contributed by atoms with Crippen LogP contribution in [0.2, 0.25) is 0 Å². The normalized spacial score (nSPS) is 13.5. The first-order valence-electron chi connectivity index (χ1n) is 13.6. The van der Waals surface area contributed by atoms with E-state index in [0.29, 0.717) is 29.2 Å². The van der Waals surface area contributed by atoms with Gasteiger partial charge in [0.2, 0.25) is 17.2 Å². The summed E-state index contributed by atoms with van der Waals surface area (Å²) in [5.74, 6) is -1.50. The number of rotatable bonds is 13. The number of nitrogens with two attached hydrogens (primary N) is 1. The zero-order chi connectivity index (χ0) is 32.1. The number of nitrogens with one attached hydrogen (secondary N) is 3. The lowest BCUT2D eigenvalue weighted by Crippen LogP contribution is -2.49. The molecule has 8 N–H and O–H groups in total. The van der Waals surface area contributed by atoms with Crippen LogP contribution in [0.15, 0.2) is 44.5 Å². The van der Waals surface area contributed by atoms with Crippen molar-refractivity contribution in [3.05, 3.63) is 51.1 Å². The second kappa shape index (κ2) is 13.9. The molecule has 0 aliphatic rings. The first-order chi connectivity index (χ1) is 21.0. The Labute approximate surface area is 254 Å². The van der Waals surface area contributed by atoms with Crippen LogP contribution in [0, 0.1) is 5.92 Å². The maximum atomic E-state index is 13.4. The molecule has 3 aromatic heterocycles. The molecule has 0 radical (unpaired) electrons.